The first kappa shape index (κ1) is 19.4. The second-order valence-electron chi connectivity index (χ2n) is 7.76. The fourth-order valence-corrected chi connectivity index (χ4v) is 3.50. The Kier molecular flexibility index (Phi) is 5.11. The quantitative estimate of drug-likeness (QED) is 0.598. The molecule has 4 nitrogen and oxygen atoms in total. The molecule has 1 N–H and O–H groups in total. The normalized spacial score (nSPS) is 15.4. The Balaban J connectivity index is 1.98. The number of anilines is 2. The van der Waals surface area contributed by atoms with E-state index in [1.165, 1.54) is 5.57 Å². The van der Waals surface area contributed by atoms with Crippen LogP contribution in [-0.4, -0.2) is 18.5 Å². The van der Waals surface area contributed by atoms with Gasteiger partial charge in [-0.05, 0) is 74.7 Å². The molecule has 0 aromatic heterocycles. The molecule has 142 valence electrons. The first-order valence-electron chi connectivity index (χ1n) is 9.29. The molecule has 3 rings (SSSR count). The number of aryl methyl sites for hydroxylation is 1. The van der Waals surface area contributed by atoms with Crippen LogP contribution in [0.5, 0.6) is 0 Å². The van der Waals surface area contributed by atoms with Gasteiger partial charge in [-0.15, -0.1) is 0 Å². The first-order valence-corrected chi connectivity index (χ1v) is 9.29. The third-order valence-electron chi connectivity index (χ3n) is 5.30. The zero-order valence-corrected chi connectivity index (χ0v) is 17.0. The minimum atomic E-state index is -0.406. The fourth-order valence-electron chi connectivity index (χ4n) is 3.50. The number of hydrogen-bond donors (Lipinski definition) is 1. The minimum Gasteiger partial charge on any atom is -0.365 e. The van der Waals surface area contributed by atoms with Gasteiger partial charge >= 0.3 is 0 Å². The van der Waals surface area contributed by atoms with Gasteiger partial charge in [0.25, 0.3) is 5.91 Å². The lowest BCUT2D eigenvalue weighted by Crippen LogP contribution is -2.42. The second kappa shape index (κ2) is 7.36. The smallest absolute Gasteiger partial charge is 0.266 e. The van der Waals surface area contributed by atoms with Crippen molar-refractivity contribution in [1.29, 1.82) is 5.26 Å². The lowest BCUT2D eigenvalue weighted by molar-refractivity contribution is -0.112. The van der Waals surface area contributed by atoms with Crippen LogP contribution in [0.2, 0.25) is 0 Å². The molecule has 0 saturated heterocycles. The topological polar surface area (TPSA) is 56.1 Å². The van der Waals surface area contributed by atoms with Gasteiger partial charge in [0.05, 0.1) is 5.54 Å². The number of nitrogens with zero attached hydrogens (tertiary/aromatic N) is 2. The maximum Gasteiger partial charge on any atom is 0.266 e. The minimum absolute atomic E-state index is 0.0612. The number of amides is 1. The number of likely N-dealkylation sites (N-methyl/N-ethyl adjacent to an activating group) is 1. The molecule has 2 aromatic carbocycles. The fraction of sp³-hybridized carbons (Fsp3) is 0.250. The SMILES string of the molecule is CC1=CC(C)(C)N(C)c2cc(C)c(/C=C(\C#N)C(=O)Nc3ccccc3)cc21. The van der Waals surface area contributed by atoms with E-state index in [0.717, 1.165) is 22.4 Å². The molecule has 0 aliphatic carbocycles. The zero-order valence-electron chi connectivity index (χ0n) is 17.0. The molecule has 0 fully saturated rings. The number of allylic oxidation sites excluding steroid dienone is 1. The summed E-state index contributed by atoms with van der Waals surface area (Å²) >= 11 is 0. The van der Waals surface area contributed by atoms with Crippen LogP contribution in [0.4, 0.5) is 11.4 Å². The molecule has 0 unspecified atom stereocenters. The van der Waals surface area contributed by atoms with E-state index in [9.17, 15) is 10.1 Å². The van der Waals surface area contributed by atoms with E-state index in [1.54, 1.807) is 18.2 Å². The maximum atomic E-state index is 12.5. The van der Waals surface area contributed by atoms with Crippen LogP contribution in [0.3, 0.4) is 0 Å². The number of carbonyl (C=O) groups excluding carboxylic acids is 1. The molecule has 4 heteroatoms. The Labute approximate surface area is 166 Å². The highest BCUT2D eigenvalue weighted by Gasteiger charge is 2.28. The molecule has 2 aromatic rings. The van der Waals surface area contributed by atoms with Crippen LogP contribution in [0.1, 0.15) is 37.5 Å². The third kappa shape index (κ3) is 3.70. The van der Waals surface area contributed by atoms with E-state index in [2.05, 4.69) is 56.2 Å². The summed E-state index contributed by atoms with van der Waals surface area (Å²) in [4.78, 5) is 14.8. The Morgan fingerprint density at radius 2 is 1.86 bits per heavy atom. The van der Waals surface area contributed by atoms with Crippen LogP contribution in [0.15, 0.2) is 54.1 Å². The van der Waals surface area contributed by atoms with Gasteiger partial charge in [-0.2, -0.15) is 5.26 Å². The van der Waals surface area contributed by atoms with Gasteiger partial charge in [-0.25, -0.2) is 0 Å². The van der Waals surface area contributed by atoms with Gasteiger partial charge < -0.3 is 10.2 Å². The molecule has 0 saturated carbocycles. The molecule has 1 aliphatic rings. The maximum absolute atomic E-state index is 12.5. The number of hydrogen-bond acceptors (Lipinski definition) is 3. The second-order valence-corrected chi connectivity index (χ2v) is 7.76. The Morgan fingerprint density at radius 3 is 2.50 bits per heavy atom. The highest BCUT2D eigenvalue weighted by molar-refractivity contribution is 6.09. The number of nitriles is 1. The van der Waals surface area contributed by atoms with Gasteiger partial charge in [0, 0.05) is 24.0 Å². The summed E-state index contributed by atoms with van der Waals surface area (Å²) in [5.74, 6) is -0.406. The predicted molar refractivity (Wildman–Crippen MR) is 116 cm³/mol. The lowest BCUT2D eigenvalue weighted by atomic mass is 9.87. The van der Waals surface area contributed by atoms with Crippen LogP contribution >= 0.6 is 0 Å². The molecule has 1 aliphatic heterocycles. The van der Waals surface area contributed by atoms with Crippen molar-refractivity contribution in [2.45, 2.75) is 33.2 Å². The number of rotatable bonds is 3. The van der Waals surface area contributed by atoms with Crippen molar-refractivity contribution in [2.75, 3.05) is 17.3 Å². The molecule has 0 atom stereocenters. The van der Waals surface area contributed by atoms with Crippen molar-refractivity contribution in [1.82, 2.24) is 0 Å². The molecule has 0 spiro atoms. The highest BCUT2D eigenvalue weighted by atomic mass is 16.1. The van der Waals surface area contributed by atoms with Crippen LogP contribution in [0, 0.1) is 18.3 Å². The molecular weight excluding hydrogens is 346 g/mol. The summed E-state index contributed by atoms with van der Waals surface area (Å²) in [7, 11) is 2.09. The largest absolute Gasteiger partial charge is 0.365 e. The molecule has 0 radical (unpaired) electrons. The van der Waals surface area contributed by atoms with E-state index in [4.69, 9.17) is 0 Å². The third-order valence-corrected chi connectivity index (χ3v) is 5.30. The summed E-state index contributed by atoms with van der Waals surface area (Å²) < 4.78 is 0. The molecule has 1 heterocycles. The molecule has 1 amide bonds. The van der Waals surface area contributed by atoms with Crippen LogP contribution < -0.4 is 10.2 Å². The van der Waals surface area contributed by atoms with Crippen LogP contribution in [-0.2, 0) is 4.79 Å². The van der Waals surface area contributed by atoms with E-state index in [1.807, 2.05) is 31.2 Å². The highest BCUT2D eigenvalue weighted by Crippen LogP contribution is 2.39. The summed E-state index contributed by atoms with van der Waals surface area (Å²) in [6.45, 7) is 8.48. The van der Waals surface area contributed by atoms with Gasteiger partial charge in [-0.1, -0.05) is 24.3 Å². The van der Waals surface area contributed by atoms with Gasteiger partial charge in [0.15, 0.2) is 0 Å². The zero-order chi connectivity index (χ0) is 20.5. The van der Waals surface area contributed by atoms with Crippen molar-refractivity contribution in [3.8, 4) is 6.07 Å². The van der Waals surface area contributed by atoms with Gasteiger partial charge in [0.1, 0.15) is 11.6 Å². The molecule has 0 bridgehead atoms. The van der Waals surface area contributed by atoms with E-state index >= 15 is 0 Å². The number of para-hydroxylation sites is 1. The number of benzene rings is 2. The van der Waals surface area contributed by atoms with E-state index in [0.29, 0.717) is 5.69 Å². The monoisotopic (exact) mass is 371 g/mol. The Hall–Kier alpha value is -3.32. The standard InChI is InChI=1S/C24H25N3O/c1-16-11-22-21(17(2)14-24(3,4)27(22)5)13-18(16)12-19(15-25)23(28)26-20-9-7-6-8-10-20/h6-14H,1-5H3,(H,26,28)/b19-12+. The summed E-state index contributed by atoms with van der Waals surface area (Å²) in [6, 6.07) is 15.4. The summed E-state index contributed by atoms with van der Waals surface area (Å²) in [5, 5.41) is 12.3. The Morgan fingerprint density at radius 1 is 1.18 bits per heavy atom. The van der Waals surface area contributed by atoms with Gasteiger partial charge in [0.2, 0.25) is 0 Å². The number of carbonyl (C=O) groups is 1. The predicted octanol–water partition coefficient (Wildman–Crippen LogP) is 5.17. The Bertz CT molecular complexity index is 1020. The van der Waals surface area contributed by atoms with Crippen LogP contribution in [0.25, 0.3) is 11.6 Å². The summed E-state index contributed by atoms with van der Waals surface area (Å²) in [5.41, 5.74) is 6.06. The van der Waals surface area contributed by atoms with Crippen molar-refractivity contribution in [3.05, 3.63) is 70.8 Å². The van der Waals surface area contributed by atoms with Crippen molar-refractivity contribution in [3.63, 3.8) is 0 Å². The van der Waals surface area contributed by atoms with Crippen molar-refractivity contribution < 1.29 is 4.79 Å². The average molecular weight is 371 g/mol. The molecular formula is C24H25N3O. The number of fused-ring (bicyclic) bond motifs is 1. The van der Waals surface area contributed by atoms with Crippen molar-refractivity contribution in [2.24, 2.45) is 0 Å². The summed E-state index contributed by atoms with van der Waals surface area (Å²) in [6.07, 6.45) is 3.91. The van der Waals surface area contributed by atoms with E-state index < -0.39 is 5.91 Å². The average Bonchev–Trinajstić information content (AvgIpc) is 2.65. The number of nitrogens with one attached hydrogen (secondary N) is 1. The molecule has 28 heavy (non-hydrogen) atoms. The first-order chi connectivity index (χ1) is 13.2. The van der Waals surface area contributed by atoms with Crippen molar-refractivity contribution >= 4 is 28.9 Å². The lowest BCUT2D eigenvalue weighted by Gasteiger charge is -2.41. The van der Waals surface area contributed by atoms with Gasteiger partial charge in [-0.3, -0.25) is 4.79 Å². The van der Waals surface area contributed by atoms with E-state index in [-0.39, 0.29) is 11.1 Å².